The van der Waals surface area contributed by atoms with Crippen LogP contribution in [0.3, 0.4) is 0 Å². The van der Waals surface area contributed by atoms with E-state index in [0.29, 0.717) is 0 Å². The number of hydrogen-bond acceptors (Lipinski definition) is 2. The molecule has 226 valence electrons. The Morgan fingerprint density at radius 1 is 0.396 bits per heavy atom. The maximum Gasteiger partial charge on any atom is 0.145 e. The Balaban J connectivity index is 1.21. The molecule has 0 N–H and O–H groups in total. The first-order chi connectivity index (χ1) is 23.8. The van der Waals surface area contributed by atoms with Crippen LogP contribution in [-0.4, -0.2) is 18.9 Å². The predicted octanol–water partition coefficient (Wildman–Crippen LogP) is 11.0. The van der Waals surface area contributed by atoms with E-state index >= 15 is 0 Å². The van der Waals surface area contributed by atoms with Crippen LogP contribution in [0.1, 0.15) is 0 Å². The number of para-hydroxylation sites is 3. The van der Waals surface area contributed by atoms with Gasteiger partial charge in [0.15, 0.2) is 0 Å². The minimum atomic E-state index is 0.913. The molecule has 0 unspecified atom stereocenters. The van der Waals surface area contributed by atoms with Gasteiger partial charge in [0.1, 0.15) is 11.5 Å². The molecular weight excluding hydrogens is 585 g/mol. The van der Waals surface area contributed by atoms with Gasteiger partial charge in [-0.1, -0.05) is 121 Å². The Kier molecular flexibility index (Phi) is 6.76. The van der Waals surface area contributed by atoms with Gasteiger partial charge in [-0.3, -0.25) is 8.97 Å². The van der Waals surface area contributed by atoms with Crippen LogP contribution in [0.4, 0.5) is 0 Å². The molecule has 3 heterocycles. The second kappa shape index (κ2) is 11.7. The van der Waals surface area contributed by atoms with E-state index in [2.05, 4.69) is 179 Å². The summed E-state index contributed by atoms with van der Waals surface area (Å²) in [5.41, 5.74) is 14.0. The average Bonchev–Trinajstić information content (AvgIpc) is 3.75. The third-order valence-electron chi connectivity index (χ3n) is 8.94. The average molecular weight is 615 g/mol. The van der Waals surface area contributed by atoms with E-state index in [-0.39, 0.29) is 0 Å². The number of fused-ring (bicyclic) bond motifs is 2. The molecule has 9 rings (SSSR count). The molecule has 0 radical (unpaired) electrons. The van der Waals surface area contributed by atoms with Crippen LogP contribution in [0, 0.1) is 0 Å². The Labute approximate surface area is 278 Å². The van der Waals surface area contributed by atoms with Crippen LogP contribution in [-0.2, 0) is 0 Å². The zero-order valence-corrected chi connectivity index (χ0v) is 26.1. The summed E-state index contributed by atoms with van der Waals surface area (Å²) in [6, 6.07) is 61.7. The molecule has 0 saturated heterocycles. The van der Waals surface area contributed by atoms with Crippen molar-refractivity contribution in [2.45, 2.75) is 0 Å². The van der Waals surface area contributed by atoms with Crippen LogP contribution >= 0.6 is 0 Å². The van der Waals surface area contributed by atoms with E-state index in [1.54, 1.807) is 0 Å². The third kappa shape index (κ3) is 4.88. The first kappa shape index (κ1) is 27.8. The van der Waals surface area contributed by atoms with E-state index < -0.39 is 0 Å². The van der Waals surface area contributed by atoms with E-state index in [1.807, 2.05) is 12.1 Å². The third-order valence-corrected chi connectivity index (χ3v) is 8.94. The lowest BCUT2D eigenvalue weighted by Crippen LogP contribution is -1.98. The largest absolute Gasteiger partial charge is 0.299 e. The molecule has 0 saturated carbocycles. The number of benzene rings is 6. The fraction of sp³-hybridized carbons (Fsp3) is 0. The van der Waals surface area contributed by atoms with Crippen molar-refractivity contribution in [2.75, 3.05) is 0 Å². The van der Waals surface area contributed by atoms with Crippen molar-refractivity contribution in [3.05, 3.63) is 182 Å². The highest BCUT2D eigenvalue weighted by Gasteiger charge is 2.18. The van der Waals surface area contributed by atoms with E-state index in [9.17, 15) is 0 Å². The summed E-state index contributed by atoms with van der Waals surface area (Å²) in [7, 11) is 0. The van der Waals surface area contributed by atoms with Crippen molar-refractivity contribution in [1.82, 2.24) is 18.9 Å². The smallest absolute Gasteiger partial charge is 0.145 e. The van der Waals surface area contributed by atoms with Gasteiger partial charge in [-0.25, -0.2) is 9.97 Å². The zero-order valence-electron chi connectivity index (χ0n) is 26.1. The van der Waals surface area contributed by atoms with E-state index in [0.717, 1.165) is 78.5 Å². The number of imidazole rings is 2. The monoisotopic (exact) mass is 614 g/mol. The lowest BCUT2D eigenvalue weighted by molar-refractivity contribution is 1.10. The van der Waals surface area contributed by atoms with E-state index in [4.69, 9.17) is 9.97 Å². The molecule has 0 aliphatic carbocycles. The Morgan fingerprint density at radius 2 is 0.958 bits per heavy atom. The Bertz CT molecular complexity index is 2530. The van der Waals surface area contributed by atoms with Crippen molar-refractivity contribution >= 4 is 16.7 Å². The Hall–Kier alpha value is -6.52. The molecule has 0 aliphatic heterocycles. The Morgan fingerprint density at radius 3 is 1.69 bits per heavy atom. The fourth-order valence-electron chi connectivity index (χ4n) is 6.67. The van der Waals surface area contributed by atoms with E-state index in [1.165, 1.54) is 0 Å². The quantitative estimate of drug-likeness (QED) is 0.187. The molecule has 0 aliphatic rings. The first-order valence-corrected chi connectivity index (χ1v) is 16.2. The van der Waals surface area contributed by atoms with Crippen LogP contribution < -0.4 is 0 Å². The predicted molar refractivity (Wildman–Crippen MR) is 197 cm³/mol. The minimum Gasteiger partial charge on any atom is -0.299 e. The number of hydrogen-bond donors (Lipinski definition) is 0. The van der Waals surface area contributed by atoms with Crippen LogP contribution in [0.15, 0.2) is 182 Å². The normalized spacial score (nSPS) is 11.3. The molecule has 9 aromatic rings. The fourth-order valence-corrected chi connectivity index (χ4v) is 6.67. The molecule has 0 spiro atoms. The maximum absolute atomic E-state index is 5.20. The van der Waals surface area contributed by atoms with Gasteiger partial charge >= 0.3 is 0 Å². The van der Waals surface area contributed by atoms with Gasteiger partial charge in [-0.2, -0.15) is 0 Å². The maximum atomic E-state index is 5.20. The molecule has 6 aromatic carbocycles. The molecular formula is C44H30N4. The molecule has 0 atom stereocenters. The summed E-state index contributed by atoms with van der Waals surface area (Å²) in [4.78, 5) is 10.2. The number of rotatable bonds is 6. The van der Waals surface area contributed by atoms with Gasteiger partial charge in [-0.15, -0.1) is 0 Å². The van der Waals surface area contributed by atoms with Crippen LogP contribution in [0.25, 0.3) is 78.5 Å². The van der Waals surface area contributed by atoms with Gasteiger partial charge in [0, 0.05) is 28.6 Å². The molecule has 0 amide bonds. The van der Waals surface area contributed by atoms with Gasteiger partial charge in [0.05, 0.1) is 22.4 Å². The molecule has 0 fully saturated rings. The molecule has 0 bridgehead atoms. The summed E-state index contributed by atoms with van der Waals surface area (Å²) in [5.74, 6) is 0.913. The molecule has 3 aromatic heterocycles. The summed E-state index contributed by atoms with van der Waals surface area (Å²) < 4.78 is 4.45. The topological polar surface area (TPSA) is 35.1 Å². The number of nitrogens with zero attached hydrogens (tertiary/aromatic N) is 4. The molecule has 4 heteroatoms. The summed E-state index contributed by atoms with van der Waals surface area (Å²) in [6.07, 6.45) is 2.09. The summed E-state index contributed by atoms with van der Waals surface area (Å²) >= 11 is 0. The number of aromatic nitrogens is 4. The zero-order chi connectivity index (χ0) is 31.9. The SMILES string of the molecule is c1ccc(-c2cc(-c3ccc(-c4c(-c5ccccc5)nc5ccccn45)cc3)cc(-c3nc4ccccc4n3-c3ccccc3)c2)cc1. The van der Waals surface area contributed by atoms with Crippen LogP contribution in [0.2, 0.25) is 0 Å². The lowest BCUT2D eigenvalue weighted by atomic mass is 9.94. The summed E-state index contributed by atoms with van der Waals surface area (Å²) in [6.45, 7) is 0. The summed E-state index contributed by atoms with van der Waals surface area (Å²) in [5, 5.41) is 0. The highest BCUT2D eigenvalue weighted by molar-refractivity contribution is 5.87. The van der Waals surface area contributed by atoms with Crippen molar-refractivity contribution in [2.24, 2.45) is 0 Å². The van der Waals surface area contributed by atoms with Crippen molar-refractivity contribution in [3.8, 4) is 61.8 Å². The molecule has 48 heavy (non-hydrogen) atoms. The standard InChI is InChI=1S/C44H30N4/c1-4-14-31(15-5-1)35-28-36(30-37(29-35)44-45-39-20-10-11-21-40(39)48(44)38-18-8-3-9-19-38)32-23-25-34(26-24-32)43-42(33-16-6-2-7-17-33)46-41-22-12-13-27-47(41)43/h1-30H. The highest BCUT2D eigenvalue weighted by atomic mass is 15.1. The van der Waals surface area contributed by atoms with Crippen molar-refractivity contribution in [3.63, 3.8) is 0 Å². The number of pyridine rings is 1. The lowest BCUT2D eigenvalue weighted by Gasteiger charge is -2.14. The van der Waals surface area contributed by atoms with Crippen LogP contribution in [0.5, 0.6) is 0 Å². The second-order valence-electron chi connectivity index (χ2n) is 11.9. The van der Waals surface area contributed by atoms with Gasteiger partial charge < -0.3 is 0 Å². The van der Waals surface area contributed by atoms with Crippen molar-refractivity contribution in [1.29, 1.82) is 0 Å². The van der Waals surface area contributed by atoms with Crippen molar-refractivity contribution < 1.29 is 0 Å². The minimum absolute atomic E-state index is 0.913. The van der Waals surface area contributed by atoms with Gasteiger partial charge in [0.2, 0.25) is 0 Å². The first-order valence-electron chi connectivity index (χ1n) is 16.2. The second-order valence-corrected chi connectivity index (χ2v) is 11.9. The molecule has 4 nitrogen and oxygen atoms in total. The van der Waals surface area contributed by atoms with Gasteiger partial charge in [0.25, 0.3) is 0 Å². The van der Waals surface area contributed by atoms with Gasteiger partial charge in [-0.05, 0) is 76.9 Å². The highest BCUT2D eigenvalue weighted by Crippen LogP contribution is 2.37.